The Labute approximate surface area is 135 Å². The minimum Gasteiger partial charge on any atom is -0.342 e. The zero-order valence-corrected chi connectivity index (χ0v) is 14.0. The molecule has 2 aliphatic rings. The average molecular weight is 321 g/mol. The molecule has 3 rings (SSSR count). The first-order chi connectivity index (χ1) is 10.5. The van der Waals surface area contributed by atoms with Crippen LogP contribution in [0.4, 0.5) is 5.13 Å². The van der Waals surface area contributed by atoms with Crippen LogP contribution in [0.2, 0.25) is 0 Å². The number of carbonyl (C=O) groups is 2. The minimum atomic E-state index is 0.0610. The molecule has 5 nitrogen and oxygen atoms in total. The summed E-state index contributed by atoms with van der Waals surface area (Å²) < 4.78 is 0. The molecular weight excluding hydrogens is 298 g/mol. The number of nitrogens with zero attached hydrogens (tertiary/aromatic N) is 2. The van der Waals surface area contributed by atoms with Crippen molar-refractivity contribution >= 4 is 28.3 Å². The van der Waals surface area contributed by atoms with E-state index in [9.17, 15) is 9.59 Å². The molecule has 0 unspecified atom stereocenters. The topological polar surface area (TPSA) is 62.3 Å². The summed E-state index contributed by atoms with van der Waals surface area (Å²) in [6, 6.07) is 0. The van der Waals surface area contributed by atoms with Gasteiger partial charge in [0.05, 0.1) is 12.1 Å². The zero-order chi connectivity index (χ0) is 15.7. The van der Waals surface area contributed by atoms with Crippen molar-refractivity contribution in [2.24, 2.45) is 17.8 Å². The molecule has 1 aromatic heterocycles. The Morgan fingerprint density at radius 1 is 1.32 bits per heavy atom. The van der Waals surface area contributed by atoms with Crippen molar-refractivity contribution in [2.75, 3.05) is 18.4 Å². The van der Waals surface area contributed by atoms with E-state index in [1.807, 2.05) is 10.3 Å². The first-order valence-corrected chi connectivity index (χ1v) is 8.92. The molecule has 1 N–H and O–H groups in total. The monoisotopic (exact) mass is 321 g/mol. The second-order valence-corrected chi connectivity index (χ2v) is 7.69. The molecule has 1 aliphatic heterocycles. The number of anilines is 1. The maximum Gasteiger partial charge on any atom is 0.229 e. The van der Waals surface area contributed by atoms with Crippen molar-refractivity contribution in [1.29, 1.82) is 0 Å². The van der Waals surface area contributed by atoms with Crippen molar-refractivity contribution in [3.05, 3.63) is 11.1 Å². The second-order valence-electron chi connectivity index (χ2n) is 6.83. The Balaban J connectivity index is 1.55. The third kappa shape index (κ3) is 3.85. The van der Waals surface area contributed by atoms with Gasteiger partial charge in [0.25, 0.3) is 0 Å². The van der Waals surface area contributed by atoms with E-state index < -0.39 is 0 Å². The molecule has 2 atom stereocenters. The lowest BCUT2D eigenvalue weighted by Gasteiger charge is -2.35. The Bertz CT molecular complexity index is 557. The van der Waals surface area contributed by atoms with Gasteiger partial charge >= 0.3 is 0 Å². The largest absolute Gasteiger partial charge is 0.342 e. The predicted molar refractivity (Wildman–Crippen MR) is 86.7 cm³/mol. The molecule has 0 bridgehead atoms. The fraction of sp³-hybridized carbons (Fsp3) is 0.688. The lowest BCUT2D eigenvalue weighted by atomic mass is 9.92. The molecular formula is C16H23N3O2S. The molecule has 0 spiro atoms. The van der Waals surface area contributed by atoms with Gasteiger partial charge in [-0.05, 0) is 31.1 Å². The second kappa shape index (κ2) is 6.36. The Kier molecular flexibility index (Phi) is 4.47. The van der Waals surface area contributed by atoms with Gasteiger partial charge in [-0.25, -0.2) is 4.98 Å². The van der Waals surface area contributed by atoms with E-state index in [2.05, 4.69) is 24.1 Å². The van der Waals surface area contributed by atoms with E-state index in [0.717, 1.165) is 31.6 Å². The number of aromatic nitrogens is 1. The number of thiazole rings is 1. The van der Waals surface area contributed by atoms with E-state index in [1.54, 1.807) is 0 Å². The highest BCUT2D eigenvalue weighted by Gasteiger charge is 2.30. The van der Waals surface area contributed by atoms with E-state index in [-0.39, 0.29) is 17.7 Å². The first-order valence-electron chi connectivity index (χ1n) is 8.04. The molecule has 6 heteroatoms. The van der Waals surface area contributed by atoms with Crippen LogP contribution in [0.1, 0.15) is 38.8 Å². The number of hydrogen-bond acceptors (Lipinski definition) is 4. The van der Waals surface area contributed by atoms with Gasteiger partial charge in [0.1, 0.15) is 0 Å². The summed E-state index contributed by atoms with van der Waals surface area (Å²) in [6.45, 7) is 6.09. The van der Waals surface area contributed by atoms with E-state index in [1.165, 1.54) is 17.8 Å². The molecule has 1 saturated carbocycles. The molecule has 1 aromatic rings. The highest BCUT2D eigenvalue weighted by molar-refractivity contribution is 7.13. The number of nitrogens with one attached hydrogen (secondary N) is 1. The molecule has 2 amide bonds. The Morgan fingerprint density at radius 2 is 2.00 bits per heavy atom. The summed E-state index contributed by atoms with van der Waals surface area (Å²) >= 11 is 1.40. The number of rotatable bonds is 4. The molecule has 0 aromatic carbocycles. The third-order valence-corrected chi connectivity index (χ3v) is 5.09. The van der Waals surface area contributed by atoms with Gasteiger partial charge in [-0.1, -0.05) is 13.8 Å². The van der Waals surface area contributed by atoms with Crippen molar-refractivity contribution in [2.45, 2.75) is 39.5 Å². The number of likely N-dealkylation sites (tertiary alicyclic amines) is 1. The highest BCUT2D eigenvalue weighted by Crippen LogP contribution is 2.30. The smallest absolute Gasteiger partial charge is 0.229 e. The van der Waals surface area contributed by atoms with Crippen LogP contribution in [0.5, 0.6) is 0 Å². The van der Waals surface area contributed by atoms with Crippen molar-refractivity contribution < 1.29 is 9.59 Å². The number of piperidine rings is 1. The number of carbonyl (C=O) groups excluding carboxylic acids is 2. The van der Waals surface area contributed by atoms with Crippen LogP contribution in [0.15, 0.2) is 5.38 Å². The lowest BCUT2D eigenvalue weighted by Crippen LogP contribution is -2.43. The molecule has 22 heavy (non-hydrogen) atoms. The SMILES string of the molecule is C[C@@H]1C[C@H](C)CN(C(=O)Cc2csc(NC(=O)C3CC3)n2)C1. The number of amides is 2. The minimum absolute atomic E-state index is 0.0610. The van der Waals surface area contributed by atoms with Gasteiger partial charge in [0, 0.05) is 24.4 Å². The van der Waals surface area contributed by atoms with E-state index in [4.69, 9.17) is 0 Å². The molecule has 1 saturated heterocycles. The maximum absolute atomic E-state index is 12.4. The van der Waals surface area contributed by atoms with Gasteiger partial charge in [-0.2, -0.15) is 0 Å². The highest BCUT2D eigenvalue weighted by atomic mass is 32.1. The van der Waals surface area contributed by atoms with Gasteiger partial charge < -0.3 is 10.2 Å². The fourth-order valence-corrected chi connectivity index (χ4v) is 3.85. The zero-order valence-electron chi connectivity index (χ0n) is 13.2. The Hall–Kier alpha value is -1.43. The van der Waals surface area contributed by atoms with Gasteiger partial charge in [0.15, 0.2) is 5.13 Å². The van der Waals surface area contributed by atoms with Crippen LogP contribution in [-0.2, 0) is 16.0 Å². The van der Waals surface area contributed by atoms with Crippen LogP contribution >= 0.6 is 11.3 Å². The van der Waals surface area contributed by atoms with Crippen molar-refractivity contribution in [3.8, 4) is 0 Å². The summed E-state index contributed by atoms with van der Waals surface area (Å²) in [5, 5.41) is 5.32. The molecule has 0 radical (unpaired) electrons. The van der Waals surface area contributed by atoms with E-state index >= 15 is 0 Å². The van der Waals surface area contributed by atoms with Crippen LogP contribution in [0.25, 0.3) is 0 Å². The summed E-state index contributed by atoms with van der Waals surface area (Å²) in [5.41, 5.74) is 0.756. The van der Waals surface area contributed by atoms with Crippen LogP contribution in [0.3, 0.4) is 0 Å². The first kappa shape index (κ1) is 15.5. The number of hydrogen-bond donors (Lipinski definition) is 1. The standard InChI is InChI=1S/C16H23N3O2S/c1-10-5-11(2)8-19(7-10)14(20)6-13-9-22-16(17-13)18-15(21)12-3-4-12/h9-12H,3-8H2,1-2H3,(H,17,18,21)/t10-,11+. The third-order valence-electron chi connectivity index (χ3n) is 4.28. The average Bonchev–Trinajstić information content (AvgIpc) is 3.21. The quantitative estimate of drug-likeness (QED) is 0.927. The molecule has 2 heterocycles. The molecule has 1 aliphatic carbocycles. The van der Waals surface area contributed by atoms with Gasteiger partial charge in [-0.3, -0.25) is 9.59 Å². The lowest BCUT2D eigenvalue weighted by molar-refractivity contribution is -0.133. The molecule has 2 fully saturated rings. The normalized spacial score (nSPS) is 25.1. The summed E-state index contributed by atoms with van der Waals surface area (Å²) in [7, 11) is 0. The van der Waals surface area contributed by atoms with Crippen LogP contribution in [-0.4, -0.2) is 34.8 Å². The summed E-state index contributed by atoms with van der Waals surface area (Å²) in [4.78, 5) is 30.4. The van der Waals surface area contributed by atoms with Crippen LogP contribution in [0, 0.1) is 17.8 Å². The van der Waals surface area contributed by atoms with Gasteiger partial charge in [-0.15, -0.1) is 11.3 Å². The van der Waals surface area contributed by atoms with Crippen molar-refractivity contribution in [1.82, 2.24) is 9.88 Å². The summed E-state index contributed by atoms with van der Waals surface area (Å²) in [6.07, 6.45) is 3.48. The fourth-order valence-electron chi connectivity index (χ4n) is 3.13. The van der Waals surface area contributed by atoms with E-state index in [0.29, 0.717) is 23.4 Å². The Morgan fingerprint density at radius 3 is 2.64 bits per heavy atom. The molecule has 120 valence electrons. The van der Waals surface area contributed by atoms with Gasteiger partial charge in [0.2, 0.25) is 11.8 Å². The van der Waals surface area contributed by atoms with Crippen LogP contribution < -0.4 is 5.32 Å². The van der Waals surface area contributed by atoms with Crippen molar-refractivity contribution in [3.63, 3.8) is 0 Å². The maximum atomic E-state index is 12.4. The summed E-state index contributed by atoms with van der Waals surface area (Å²) in [5.74, 6) is 1.51. The predicted octanol–water partition coefficient (Wildman–Crippen LogP) is 2.54.